The number of rotatable bonds is 3. The molecule has 1 aromatic heterocycles. The average molecular weight is 428 g/mol. The minimum Gasteiger partial charge on any atom is -0.494 e. The third-order valence-electron chi connectivity index (χ3n) is 6.20. The number of likely N-dealkylation sites (tertiary alicyclic amines) is 1. The zero-order valence-corrected chi connectivity index (χ0v) is 17.7. The van der Waals surface area contributed by atoms with Gasteiger partial charge >= 0.3 is 0 Å². The van der Waals surface area contributed by atoms with Crippen LogP contribution in [0.25, 0.3) is 32.8 Å². The molecule has 0 aliphatic carbocycles. The van der Waals surface area contributed by atoms with Crippen molar-refractivity contribution in [1.82, 2.24) is 9.88 Å². The van der Waals surface area contributed by atoms with Crippen LogP contribution < -0.4 is 4.74 Å². The van der Waals surface area contributed by atoms with Gasteiger partial charge in [0.05, 0.1) is 19.3 Å². The normalized spacial score (nSPS) is 18.8. The van der Waals surface area contributed by atoms with E-state index in [-0.39, 0.29) is 12.5 Å². The first-order valence-corrected chi connectivity index (χ1v) is 10.7. The van der Waals surface area contributed by atoms with Crippen molar-refractivity contribution in [2.75, 3.05) is 20.2 Å². The molecule has 2 atom stereocenters. The van der Waals surface area contributed by atoms with Crippen LogP contribution in [0.5, 0.6) is 5.75 Å². The Morgan fingerprint density at radius 1 is 1.00 bits per heavy atom. The van der Waals surface area contributed by atoms with E-state index in [4.69, 9.17) is 4.74 Å². The van der Waals surface area contributed by atoms with Crippen molar-refractivity contribution in [2.24, 2.45) is 0 Å². The fourth-order valence-electron chi connectivity index (χ4n) is 4.48. The number of piperidine rings is 1. The smallest absolute Gasteiger partial charge is 0.253 e. The predicted molar refractivity (Wildman–Crippen MR) is 124 cm³/mol. The second-order valence-electron chi connectivity index (χ2n) is 8.13. The quantitative estimate of drug-likeness (QED) is 0.521. The van der Waals surface area contributed by atoms with E-state index in [1.807, 2.05) is 54.6 Å². The van der Waals surface area contributed by atoms with Crippen molar-refractivity contribution < 1.29 is 19.7 Å². The fraction of sp³-hybridized carbons (Fsp3) is 0.231. The monoisotopic (exact) mass is 428 g/mol. The molecule has 1 aliphatic rings. The number of β-amino-alcohol motifs (C(OH)–C–C–N with tert-alkyl or cyclic N) is 1. The molecule has 2 heterocycles. The summed E-state index contributed by atoms with van der Waals surface area (Å²) in [4.78, 5) is 19.1. The Balaban J connectivity index is 1.56. The number of hydrogen-bond donors (Lipinski definition) is 2. The summed E-state index contributed by atoms with van der Waals surface area (Å²) in [5.74, 6) is 0.591. The number of benzene rings is 3. The largest absolute Gasteiger partial charge is 0.494 e. The molecule has 1 aliphatic heterocycles. The van der Waals surface area contributed by atoms with Crippen LogP contribution in [0.15, 0.2) is 66.9 Å². The molecule has 2 N–H and O–H groups in total. The van der Waals surface area contributed by atoms with E-state index in [0.717, 1.165) is 38.6 Å². The summed E-state index contributed by atoms with van der Waals surface area (Å²) >= 11 is 0. The Labute approximate surface area is 185 Å². The molecule has 3 aromatic carbocycles. The van der Waals surface area contributed by atoms with Crippen molar-refractivity contribution >= 4 is 27.6 Å². The van der Waals surface area contributed by atoms with Crippen LogP contribution in [-0.2, 0) is 0 Å². The zero-order chi connectivity index (χ0) is 22.2. The average Bonchev–Trinajstić information content (AvgIpc) is 2.84. The minimum atomic E-state index is -0.906. The number of nitrogens with zero attached hydrogens (tertiary/aromatic N) is 2. The fourth-order valence-corrected chi connectivity index (χ4v) is 4.48. The van der Waals surface area contributed by atoms with Crippen molar-refractivity contribution in [3.05, 3.63) is 72.4 Å². The van der Waals surface area contributed by atoms with E-state index in [9.17, 15) is 15.0 Å². The summed E-state index contributed by atoms with van der Waals surface area (Å²) in [5.41, 5.74) is 3.48. The van der Waals surface area contributed by atoms with Crippen LogP contribution in [0, 0.1) is 0 Å². The van der Waals surface area contributed by atoms with Gasteiger partial charge in [0.25, 0.3) is 5.91 Å². The number of ether oxygens (including phenoxy) is 1. The maximum absolute atomic E-state index is 13.0. The molecular formula is C26H24N2O4. The van der Waals surface area contributed by atoms with Crippen molar-refractivity contribution in [3.63, 3.8) is 0 Å². The van der Waals surface area contributed by atoms with Crippen LogP contribution in [0.2, 0.25) is 0 Å². The molecule has 6 nitrogen and oxygen atoms in total. The number of hydrogen-bond acceptors (Lipinski definition) is 5. The molecule has 4 aromatic rings. The number of aromatic nitrogens is 1. The first kappa shape index (κ1) is 20.4. The number of carbonyl (C=O) groups is 1. The molecule has 0 unspecified atom stereocenters. The van der Waals surface area contributed by atoms with Gasteiger partial charge in [-0.25, -0.2) is 0 Å². The number of carbonyl (C=O) groups excluding carboxylic acids is 1. The molecule has 0 radical (unpaired) electrons. The Morgan fingerprint density at radius 3 is 2.66 bits per heavy atom. The number of pyridine rings is 1. The molecule has 5 rings (SSSR count). The van der Waals surface area contributed by atoms with Gasteiger partial charge in [-0.15, -0.1) is 0 Å². The van der Waals surface area contributed by atoms with E-state index in [0.29, 0.717) is 18.5 Å². The molecular weight excluding hydrogens is 404 g/mol. The van der Waals surface area contributed by atoms with E-state index in [2.05, 4.69) is 11.1 Å². The van der Waals surface area contributed by atoms with Crippen LogP contribution in [0.1, 0.15) is 16.8 Å². The SMILES string of the molecule is COc1ccc(-c2cccc3cc(C(=O)N4CC[C@H](O)[C@H](O)C4)ccc23)c2cccnc12. The summed E-state index contributed by atoms with van der Waals surface area (Å²) in [6, 6.07) is 19.7. The zero-order valence-electron chi connectivity index (χ0n) is 17.7. The highest BCUT2D eigenvalue weighted by Gasteiger charge is 2.29. The second kappa shape index (κ2) is 8.22. The number of aliphatic hydroxyl groups excluding tert-OH is 2. The Bertz CT molecular complexity index is 1320. The van der Waals surface area contributed by atoms with Gasteiger partial charge in [0.2, 0.25) is 0 Å². The van der Waals surface area contributed by atoms with Crippen LogP contribution >= 0.6 is 0 Å². The van der Waals surface area contributed by atoms with Gasteiger partial charge in [-0.05, 0) is 58.7 Å². The maximum Gasteiger partial charge on any atom is 0.253 e. The molecule has 6 heteroatoms. The number of methoxy groups -OCH3 is 1. The van der Waals surface area contributed by atoms with Crippen molar-refractivity contribution in [1.29, 1.82) is 0 Å². The van der Waals surface area contributed by atoms with E-state index in [1.165, 1.54) is 0 Å². The second-order valence-corrected chi connectivity index (χ2v) is 8.13. The number of aliphatic hydroxyl groups is 2. The van der Waals surface area contributed by atoms with Gasteiger partial charge in [0.15, 0.2) is 0 Å². The predicted octanol–water partition coefficient (Wildman–Crippen LogP) is 3.63. The number of amides is 1. The first-order chi connectivity index (χ1) is 15.6. The molecule has 0 saturated carbocycles. The maximum atomic E-state index is 13.0. The molecule has 1 amide bonds. The Morgan fingerprint density at radius 2 is 1.84 bits per heavy atom. The van der Waals surface area contributed by atoms with Gasteiger partial charge in [0, 0.05) is 30.2 Å². The van der Waals surface area contributed by atoms with Gasteiger partial charge in [0.1, 0.15) is 11.3 Å². The minimum absolute atomic E-state index is 0.137. The lowest BCUT2D eigenvalue weighted by Crippen LogP contribution is -2.48. The molecule has 0 bridgehead atoms. The molecule has 32 heavy (non-hydrogen) atoms. The number of fused-ring (bicyclic) bond motifs is 2. The van der Waals surface area contributed by atoms with Gasteiger partial charge < -0.3 is 19.8 Å². The van der Waals surface area contributed by atoms with Crippen molar-refractivity contribution in [2.45, 2.75) is 18.6 Å². The third-order valence-corrected chi connectivity index (χ3v) is 6.20. The Hall–Kier alpha value is -3.48. The first-order valence-electron chi connectivity index (χ1n) is 10.7. The lowest BCUT2D eigenvalue weighted by molar-refractivity contribution is -0.0321. The van der Waals surface area contributed by atoms with Gasteiger partial charge in [-0.3, -0.25) is 9.78 Å². The lowest BCUT2D eigenvalue weighted by atomic mass is 9.94. The van der Waals surface area contributed by atoms with Gasteiger partial charge in [-0.2, -0.15) is 0 Å². The van der Waals surface area contributed by atoms with Crippen LogP contribution in [-0.4, -0.2) is 58.4 Å². The highest BCUT2D eigenvalue weighted by atomic mass is 16.5. The van der Waals surface area contributed by atoms with Crippen LogP contribution in [0.3, 0.4) is 0 Å². The van der Waals surface area contributed by atoms with E-state index >= 15 is 0 Å². The third kappa shape index (κ3) is 3.47. The van der Waals surface area contributed by atoms with E-state index in [1.54, 1.807) is 18.2 Å². The van der Waals surface area contributed by atoms with Crippen molar-refractivity contribution in [3.8, 4) is 16.9 Å². The summed E-state index contributed by atoms with van der Waals surface area (Å²) in [6.07, 6.45) is 0.457. The summed E-state index contributed by atoms with van der Waals surface area (Å²) < 4.78 is 5.48. The molecule has 1 saturated heterocycles. The topological polar surface area (TPSA) is 82.9 Å². The Kier molecular flexibility index (Phi) is 5.25. The lowest BCUT2D eigenvalue weighted by Gasteiger charge is -2.33. The standard InChI is InChI=1S/C26H24N2O4/c1-32-24-10-9-20(21-6-3-12-27-25(21)24)19-5-2-4-16-14-17(7-8-18(16)19)26(31)28-13-11-22(29)23(30)15-28/h2-10,12,14,22-23,29-30H,11,13,15H2,1H3/t22-,23+/m0/s1. The van der Waals surface area contributed by atoms with Crippen LogP contribution in [0.4, 0.5) is 0 Å². The summed E-state index contributed by atoms with van der Waals surface area (Å²) in [6.45, 7) is 0.572. The molecule has 1 fully saturated rings. The van der Waals surface area contributed by atoms with Gasteiger partial charge in [-0.1, -0.05) is 30.3 Å². The summed E-state index contributed by atoms with van der Waals surface area (Å²) in [7, 11) is 1.64. The molecule has 162 valence electrons. The highest BCUT2D eigenvalue weighted by Crippen LogP contribution is 2.37. The summed E-state index contributed by atoms with van der Waals surface area (Å²) in [5, 5.41) is 22.7. The molecule has 0 spiro atoms. The highest BCUT2D eigenvalue weighted by molar-refractivity contribution is 6.07. The van der Waals surface area contributed by atoms with E-state index < -0.39 is 12.2 Å².